The number of nitriles is 1. The van der Waals surface area contributed by atoms with Gasteiger partial charge in [0.1, 0.15) is 0 Å². The van der Waals surface area contributed by atoms with Crippen LogP contribution in [0.3, 0.4) is 0 Å². The Bertz CT molecular complexity index is 471. The van der Waals surface area contributed by atoms with Crippen molar-refractivity contribution in [2.45, 2.75) is 25.9 Å². The van der Waals surface area contributed by atoms with Crippen molar-refractivity contribution in [3.8, 4) is 11.8 Å². The van der Waals surface area contributed by atoms with E-state index in [1.54, 1.807) is 0 Å². The molecule has 1 rings (SSSR count). The van der Waals surface area contributed by atoms with E-state index in [9.17, 15) is 9.18 Å². The Kier molecular flexibility index (Phi) is 5.08. The van der Waals surface area contributed by atoms with Crippen LogP contribution in [0, 0.1) is 17.1 Å². The Labute approximate surface area is 104 Å². The van der Waals surface area contributed by atoms with Crippen LogP contribution in [0.25, 0.3) is 0 Å². The van der Waals surface area contributed by atoms with Crippen molar-refractivity contribution in [3.05, 3.63) is 29.6 Å². The van der Waals surface area contributed by atoms with E-state index in [4.69, 9.17) is 15.8 Å². The van der Waals surface area contributed by atoms with E-state index in [1.807, 2.05) is 18.4 Å². The zero-order chi connectivity index (χ0) is 13.5. The van der Waals surface area contributed by atoms with Crippen molar-refractivity contribution in [1.29, 1.82) is 5.26 Å². The molecule has 0 aliphatic carbocycles. The molecule has 0 fully saturated rings. The molecule has 1 aromatic rings. The van der Waals surface area contributed by atoms with Crippen LogP contribution in [0.4, 0.5) is 4.39 Å². The number of nitrogens with two attached hydrogens (primary N) is 1. The number of halogens is 1. The predicted octanol–water partition coefficient (Wildman–Crippen LogP) is 1.23. The summed E-state index contributed by atoms with van der Waals surface area (Å²) >= 11 is 0. The van der Waals surface area contributed by atoms with Gasteiger partial charge in [0.15, 0.2) is 17.7 Å². The fraction of sp³-hybridized carbons (Fsp3) is 0.333. The third-order valence-electron chi connectivity index (χ3n) is 2.32. The number of carbonyl (C=O) groups is 1. The molecule has 1 unspecified atom stereocenters. The molecule has 96 valence electrons. The predicted molar refractivity (Wildman–Crippen MR) is 62.8 cm³/mol. The highest BCUT2D eigenvalue weighted by Gasteiger charge is 2.20. The smallest absolute Gasteiger partial charge is 0.274 e. The van der Waals surface area contributed by atoms with Gasteiger partial charge in [-0.05, 0) is 24.6 Å². The SMILES string of the molecule is CCCC(Oc1ccc(C#N)cc1F)C(=O)NN. The van der Waals surface area contributed by atoms with Gasteiger partial charge in [0.05, 0.1) is 11.6 Å². The summed E-state index contributed by atoms with van der Waals surface area (Å²) in [7, 11) is 0. The minimum Gasteiger partial charge on any atom is -0.477 e. The Morgan fingerprint density at radius 2 is 2.39 bits per heavy atom. The lowest BCUT2D eigenvalue weighted by atomic mass is 10.2. The fourth-order valence-electron chi connectivity index (χ4n) is 1.42. The zero-order valence-corrected chi connectivity index (χ0v) is 9.94. The van der Waals surface area contributed by atoms with E-state index in [1.165, 1.54) is 12.1 Å². The second kappa shape index (κ2) is 6.57. The Morgan fingerprint density at radius 1 is 1.67 bits per heavy atom. The monoisotopic (exact) mass is 251 g/mol. The maximum atomic E-state index is 13.6. The van der Waals surface area contributed by atoms with E-state index < -0.39 is 17.8 Å². The molecule has 6 heteroatoms. The van der Waals surface area contributed by atoms with E-state index >= 15 is 0 Å². The lowest BCUT2D eigenvalue weighted by Gasteiger charge is -2.17. The maximum Gasteiger partial charge on any atom is 0.274 e. The first-order valence-electron chi connectivity index (χ1n) is 5.49. The number of amides is 1. The molecular weight excluding hydrogens is 237 g/mol. The topological polar surface area (TPSA) is 88.1 Å². The van der Waals surface area contributed by atoms with Crippen LogP contribution in [0.1, 0.15) is 25.3 Å². The average Bonchev–Trinajstić information content (AvgIpc) is 2.39. The number of hydrogen-bond acceptors (Lipinski definition) is 4. The van der Waals surface area contributed by atoms with E-state index in [0.29, 0.717) is 12.8 Å². The van der Waals surface area contributed by atoms with Crippen LogP contribution in [0.2, 0.25) is 0 Å². The number of nitrogens with zero attached hydrogens (tertiary/aromatic N) is 1. The standard InChI is InChI=1S/C12H14FN3O2/c1-2-3-11(12(17)16-15)18-10-5-4-8(7-14)6-9(10)13/h4-6,11H,2-3,15H2,1H3,(H,16,17). The molecule has 1 amide bonds. The van der Waals surface area contributed by atoms with Gasteiger partial charge >= 0.3 is 0 Å². The normalized spacial score (nSPS) is 11.4. The number of ether oxygens (including phenoxy) is 1. The Morgan fingerprint density at radius 3 is 2.89 bits per heavy atom. The number of nitrogens with one attached hydrogen (secondary N) is 1. The van der Waals surface area contributed by atoms with Crippen molar-refractivity contribution in [1.82, 2.24) is 5.43 Å². The Balaban J connectivity index is 2.87. The first-order chi connectivity index (χ1) is 8.62. The van der Waals surface area contributed by atoms with Gasteiger partial charge in [-0.15, -0.1) is 0 Å². The molecular formula is C12H14FN3O2. The summed E-state index contributed by atoms with van der Waals surface area (Å²) in [5.41, 5.74) is 2.16. The summed E-state index contributed by atoms with van der Waals surface area (Å²) in [6.07, 6.45) is 0.265. The highest BCUT2D eigenvalue weighted by Crippen LogP contribution is 2.20. The maximum absolute atomic E-state index is 13.6. The number of benzene rings is 1. The summed E-state index contributed by atoms with van der Waals surface area (Å²) in [4.78, 5) is 11.4. The quantitative estimate of drug-likeness (QED) is 0.468. The number of carbonyl (C=O) groups excluding carboxylic acids is 1. The molecule has 0 saturated heterocycles. The molecule has 0 aliphatic heterocycles. The molecule has 1 aromatic carbocycles. The minimum absolute atomic E-state index is 0.0731. The van der Waals surface area contributed by atoms with Gasteiger partial charge in [-0.3, -0.25) is 10.2 Å². The van der Waals surface area contributed by atoms with Crippen LogP contribution in [-0.2, 0) is 4.79 Å². The average molecular weight is 251 g/mol. The van der Waals surface area contributed by atoms with Gasteiger partial charge in [0.25, 0.3) is 5.91 Å². The Hall–Kier alpha value is -2.13. The van der Waals surface area contributed by atoms with Crippen molar-refractivity contribution in [3.63, 3.8) is 0 Å². The van der Waals surface area contributed by atoms with Gasteiger partial charge in [0.2, 0.25) is 0 Å². The largest absolute Gasteiger partial charge is 0.477 e. The molecule has 0 bridgehead atoms. The third-order valence-corrected chi connectivity index (χ3v) is 2.32. The molecule has 0 heterocycles. The lowest BCUT2D eigenvalue weighted by molar-refractivity contribution is -0.128. The van der Waals surface area contributed by atoms with Crippen molar-refractivity contribution in [2.24, 2.45) is 5.84 Å². The molecule has 0 aromatic heterocycles. The van der Waals surface area contributed by atoms with Gasteiger partial charge in [0, 0.05) is 0 Å². The van der Waals surface area contributed by atoms with Crippen LogP contribution >= 0.6 is 0 Å². The van der Waals surface area contributed by atoms with E-state index in [2.05, 4.69) is 0 Å². The van der Waals surface area contributed by atoms with Gasteiger partial charge in [-0.2, -0.15) is 5.26 Å². The third kappa shape index (κ3) is 3.43. The number of hydrazine groups is 1. The summed E-state index contributed by atoms with van der Waals surface area (Å²) in [6.45, 7) is 1.87. The summed E-state index contributed by atoms with van der Waals surface area (Å²) < 4.78 is 18.8. The molecule has 1 atom stereocenters. The van der Waals surface area contributed by atoms with Crippen LogP contribution in [0.15, 0.2) is 18.2 Å². The summed E-state index contributed by atoms with van der Waals surface area (Å²) in [6, 6.07) is 5.61. The van der Waals surface area contributed by atoms with Crippen molar-refractivity contribution < 1.29 is 13.9 Å². The molecule has 0 radical (unpaired) electrons. The number of hydrogen-bond donors (Lipinski definition) is 2. The lowest BCUT2D eigenvalue weighted by Crippen LogP contribution is -2.42. The highest BCUT2D eigenvalue weighted by molar-refractivity contribution is 5.80. The summed E-state index contributed by atoms with van der Waals surface area (Å²) in [5.74, 6) is 3.76. The minimum atomic E-state index is -0.845. The summed E-state index contributed by atoms with van der Waals surface area (Å²) in [5, 5.41) is 8.61. The fourth-order valence-corrected chi connectivity index (χ4v) is 1.42. The van der Waals surface area contributed by atoms with Crippen LogP contribution < -0.4 is 16.0 Å². The zero-order valence-electron chi connectivity index (χ0n) is 9.94. The molecule has 0 aliphatic rings. The van der Waals surface area contributed by atoms with Crippen molar-refractivity contribution >= 4 is 5.91 Å². The van der Waals surface area contributed by atoms with E-state index in [0.717, 1.165) is 6.07 Å². The van der Waals surface area contributed by atoms with Crippen LogP contribution in [0.5, 0.6) is 5.75 Å². The van der Waals surface area contributed by atoms with Crippen molar-refractivity contribution in [2.75, 3.05) is 0 Å². The highest BCUT2D eigenvalue weighted by atomic mass is 19.1. The first-order valence-corrected chi connectivity index (χ1v) is 5.49. The molecule has 0 spiro atoms. The molecule has 3 N–H and O–H groups in total. The number of rotatable bonds is 5. The van der Waals surface area contributed by atoms with Crippen LogP contribution in [-0.4, -0.2) is 12.0 Å². The second-order valence-electron chi connectivity index (χ2n) is 3.66. The van der Waals surface area contributed by atoms with E-state index in [-0.39, 0.29) is 11.3 Å². The van der Waals surface area contributed by atoms with Gasteiger partial charge in [-0.25, -0.2) is 10.2 Å². The second-order valence-corrected chi connectivity index (χ2v) is 3.66. The molecule has 0 saturated carbocycles. The first kappa shape index (κ1) is 13.9. The van der Waals surface area contributed by atoms with Gasteiger partial charge < -0.3 is 4.74 Å². The van der Waals surface area contributed by atoms with Gasteiger partial charge in [-0.1, -0.05) is 13.3 Å². The molecule has 5 nitrogen and oxygen atoms in total. The molecule has 18 heavy (non-hydrogen) atoms.